The lowest BCUT2D eigenvalue weighted by molar-refractivity contribution is -0.137. The highest BCUT2D eigenvalue weighted by molar-refractivity contribution is 5.82. The molecule has 0 atom stereocenters. The standard InChI is InChI=1S/C13H9F3N2O/c14-13(15,16)10-3-1-2-8(6-10)11-5-4-9(7-19)12(17)18-11/h1-7H,(H2,17,18). The maximum Gasteiger partial charge on any atom is 0.416 e. The predicted molar refractivity (Wildman–Crippen MR) is 64.5 cm³/mol. The van der Waals surface area contributed by atoms with E-state index < -0.39 is 11.7 Å². The van der Waals surface area contributed by atoms with Gasteiger partial charge in [-0.2, -0.15) is 13.2 Å². The number of hydrogen-bond donors (Lipinski definition) is 1. The number of nitrogen functional groups attached to an aromatic ring is 1. The normalized spacial score (nSPS) is 11.3. The van der Waals surface area contributed by atoms with Gasteiger partial charge in [0.05, 0.1) is 16.8 Å². The molecule has 0 saturated carbocycles. The molecule has 2 aromatic rings. The van der Waals surface area contributed by atoms with Gasteiger partial charge in [0.15, 0.2) is 6.29 Å². The van der Waals surface area contributed by atoms with E-state index in [1.165, 1.54) is 24.3 Å². The number of pyridine rings is 1. The van der Waals surface area contributed by atoms with Crippen molar-refractivity contribution in [2.45, 2.75) is 6.18 Å². The van der Waals surface area contributed by atoms with Gasteiger partial charge >= 0.3 is 6.18 Å². The van der Waals surface area contributed by atoms with E-state index in [2.05, 4.69) is 4.98 Å². The number of halogens is 3. The number of hydrogen-bond acceptors (Lipinski definition) is 3. The lowest BCUT2D eigenvalue weighted by atomic mass is 10.1. The van der Waals surface area contributed by atoms with Gasteiger partial charge in [-0.1, -0.05) is 12.1 Å². The number of aldehydes is 1. The lowest BCUT2D eigenvalue weighted by Gasteiger charge is -2.09. The minimum atomic E-state index is -4.41. The minimum Gasteiger partial charge on any atom is -0.383 e. The Morgan fingerprint density at radius 2 is 1.89 bits per heavy atom. The van der Waals surface area contributed by atoms with Gasteiger partial charge in [0.1, 0.15) is 5.82 Å². The molecule has 0 saturated heterocycles. The van der Waals surface area contributed by atoms with Gasteiger partial charge in [0.2, 0.25) is 0 Å². The molecular formula is C13H9F3N2O. The number of anilines is 1. The zero-order valence-electron chi connectivity index (χ0n) is 9.61. The molecule has 2 N–H and O–H groups in total. The fraction of sp³-hybridized carbons (Fsp3) is 0.0769. The van der Waals surface area contributed by atoms with Gasteiger partial charge in [-0.05, 0) is 24.3 Å². The van der Waals surface area contributed by atoms with Crippen molar-refractivity contribution in [2.75, 3.05) is 5.73 Å². The fourth-order valence-corrected chi connectivity index (χ4v) is 1.60. The third-order valence-corrected chi connectivity index (χ3v) is 2.57. The van der Waals surface area contributed by atoms with Crippen LogP contribution in [0.3, 0.4) is 0 Å². The lowest BCUT2D eigenvalue weighted by Crippen LogP contribution is -2.05. The summed E-state index contributed by atoms with van der Waals surface area (Å²) in [4.78, 5) is 14.5. The molecule has 0 radical (unpaired) electrons. The van der Waals surface area contributed by atoms with Gasteiger partial charge in [0, 0.05) is 5.56 Å². The van der Waals surface area contributed by atoms with E-state index in [4.69, 9.17) is 5.73 Å². The van der Waals surface area contributed by atoms with Crippen LogP contribution >= 0.6 is 0 Å². The second-order valence-electron chi connectivity index (χ2n) is 3.87. The second kappa shape index (κ2) is 4.72. The first-order valence-electron chi connectivity index (χ1n) is 5.31. The molecule has 1 aromatic carbocycles. The van der Waals surface area contributed by atoms with Crippen LogP contribution in [-0.4, -0.2) is 11.3 Å². The number of nitrogens with two attached hydrogens (primary N) is 1. The molecule has 0 bridgehead atoms. The number of benzene rings is 1. The molecule has 19 heavy (non-hydrogen) atoms. The molecule has 0 aliphatic heterocycles. The van der Waals surface area contributed by atoms with Crippen molar-refractivity contribution < 1.29 is 18.0 Å². The average Bonchev–Trinajstić information content (AvgIpc) is 2.38. The Morgan fingerprint density at radius 1 is 1.16 bits per heavy atom. The summed E-state index contributed by atoms with van der Waals surface area (Å²) >= 11 is 0. The highest BCUT2D eigenvalue weighted by Gasteiger charge is 2.30. The maximum absolute atomic E-state index is 12.6. The summed E-state index contributed by atoms with van der Waals surface area (Å²) in [5.41, 5.74) is 5.55. The summed E-state index contributed by atoms with van der Waals surface area (Å²) < 4.78 is 37.8. The SMILES string of the molecule is Nc1nc(-c2cccc(C(F)(F)F)c2)ccc1C=O. The first-order chi connectivity index (χ1) is 8.91. The van der Waals surface area contributed by atoms with Crippen LogP contribution in [0.4, 0.5) is 19.0 Å². The van der Waals surface area contributed by atoms with Crippen LogP contribution in [0.1, 0.15) is 15.9 Å². The first kappa shape index (κ1) is 13.1. The van der Waals surface area contributed by atoms with Crippen molar-refractivity contribution in [3.8, 4) is 11.3 Å². The molecule has 0 spiro atoms. The molecule has 0 aliphatic rings. The van der Waals surface area contributed by atoms with Gasteiger partial charge in [-0.15, -0.1) is 0 Å². The Labute approximate surface area is 106 Å². The van der Waals surface area contributed by atoms with Gasteiger partial charge < -0.3 is 5.73 Å². The van der Waals surface area contributed by atoms with Crippen molar-refractivity contribution >= 4 is 12.1 Å². The van der Waals surface area contributed by atoms with Crippen molar-refractivity contribution in [1.82, 2.24) is 4.98 Å². The maximum atomic E-state index is 12.6. The van der Waals surface area contributed by atoms with Crippen molar-refractivity contribution in [3.63, 3.8) is 0 Å². The summed E-state index contributed by atoms with van der Waals surface area (Å²) in [6.07, 6.45) is -3.87. The van der Waals surface area contributed by atoms with Crippen LogP contribution in [0.25, 0.3) is 11.3 Å². The van der Waals surface area contributed by atoms with Gasteiger partial charge in [-0.25, -0.2) is 4.98 Å². The largest absolute Gasteiger partial charge is 0.416 e. The number of aromatic nitrogens is 1. The van der Waals surface area contributed by atoms with Gasteiger partial charge in [-0.3, -0.25) is 4.79 Å². The molecule has 98 valence electrons. The molecule has 2 rings (SSSR count). The Balaban J connectivity index is 2.48. The first-order valence-corrected chi connectivity index (χ1v) is 5.31. The predicted octanol–water partition coefficient (Wildman–Crippen LogP) is 3.16. The zero-order valence-corrected chi connectivity index (χ0v) is 9.61. The molecule has 1 aromatic heterocycles. The third kappa shape index (κ3) is 2.73. The Bertz CT molecular complexity index is 624. The van der Waals surface area contributed by atoms with E-state index in [9.17, 15) is 18.0 Å². The fourth-order valence-electron chi connectivity index (χ4n) is 1.60. The number of nitrogens with zero attached hydrogens (tertiary/aromatic N) is 1. The highest BCUT2D eigenvalue weighted by atomic mass is 19.4. The molecule has 0 fully saturated rings. The summed E-state index contributed by atoms with van der Waals surface area (Å²) in [5.74, 6) is -0.00934. The summed E-state index contributed by atoms with van der Waals surface area (Å²) in [6.45, 7) is 0. The molecule has 3 nitrogen and oxygen atoms in total. The van der Waals surface area contributed by atoms with Crippen molar-refractivity contribution in [2.24, 2.45) is 0 Å². The Morgan fingerprint density at radius 3 is 2.47 bits per heavy atom. The number of alkyl halides is 3. The quantitative estimate of drug-likeness (QED) is 0.849. The van der Waals surface area contributed by atoms with Crippen LogP contribution in [0.15, 0.2) is 36.4 Å². The van der Waals surface area contributed by atoms with Crippen LogP contribution in [-0.2, 0) is 6.18 Å². The number of carbonyl (C=O) groups is 1. The molecule has 0 amide bonds. The molecule has 6 heteroatoms. The van der Waals surface area contributed by atoms with Crippen LogP contribution < -0.4 is 5.73 Å². The van der Waals surface area contributed by atoms with E-state index in [-0.39, 0.29) is 17.1 Å². The molecule has 0 aliphatic carbocycles. The Kier molecular flexibility index (Phi) is 3.25. The van der Waals surface area contributed by atoms with E-state index in [1.807, 2.05) is 0 Å². The molecular weight excluding hydrogens is 257 g/mol. The smallest absolute Gasteiger partial charge is 0.383 e. The van der Waals surface area contributed by atoms with Crippen LogP contribution in [0.5, 0.6) is 0 Å². The third-order valence-electron chi connectivity index (χ3n) is 2.57. The van der Waals surface area contributed by atoms with Crippen LogP contribution in [0.2, 0.25) is 0 Å². The zero-order chi connectivity index (χ0) is 14.0. The number of rotatable bonds is 2. The summed E-state index contributed by atoms with van der Waals surface area (Å²) in [6, 6.07) is 7.64. The van der Waals surface area contributed by atoms with E-state index in [0.29, 0.717) is 11.8 Å². The summed E-state index contributed by atoms with van der Waals surface area (Å²) in [7, 11) is 0. The molecule has 0 unspecified atom stereocenters. The monoisotopic (exact) mass is 266 g/mol. The number of carbonyl (C=O) groups excluding carboxylic acids is 1. The van der Waals surface area contributed by atoms with Crippen molar-refractivity contribution in [1.29, 1.82) is 0 Å². The molecule has 1 heterocycles. The van der Waals surface area contributed by atoms with E-state index >= 15 is 0 Å². The highest BCUT2D eigenvalue weighted by Crippen LogP contribution is 2.31. The second-order valence-corrected chi connectivity index (χ2v) is 3.87. The minimum absolute atomic E-state index is 0.00934. The topological polar surface area (TPSA) is 56.0 Å². The average molecular weight is 266 g/mol. The Hall–Kier alpha value is -2.37. The van der Waals surface area contributed by atoms with E-state index in [1.54, 1.807) is 0 Å². The van der Waals surface area contributed by atoms with E-state index in [0.717, 1.165) is 12.1 Å². The van der Waals surface area contributed by atoms with Crippen LogP contribution in [0, 0.1) is 0 Å². The van der Waals surface area contributed by atoms with Gasteiger partial charge in [0.25, 0.3) is 0 Å². The van der Waals surface area contributed by atoms with Crippen molar-refractivity contribution in [3.05, 3.63) is 47.5 Å². The summed E-state index contributed by atoms with van der Waals surface area (Å²) in [5, 5.41) is 0.